The van der Waals surface area contributed by atoms with Gasteiger partial charge in [-0.3, -0.25) is 4.79 Å². The molecule has 0 amide bonds. The van der Waals surface area contributed by atoms with Crippen LogP contribution < -0.4 is 4.90 Å². The summed E-state index contributed by atoms with van der Waals surface area (Å²) in [6.07, 6.45) is -0.260. The quantitative estimate of drug-likeness (QED) is 0.692. The summed E-state index contributed by atoms with van der Waals surface area (Å²) in [4.78, 5) is 25.1. The van der Waals surface area contributed by atoms with Gasteiger partial charge in [0, 0.05) is 28.2 Å². The van der Waals surface area contributed by atoms with E-state index in [1.165, 1.54) is 23.5 Å². The van der Waals surface area contributed by atoms with Crippen LogP contribution in [0.4, 0.5) is 10.1 Å². The first-order chi connectivity index (χ1) is 13.0. The number of fused-ring (bicyclic) bond motifs is 2. The predicted octanol–water partition coefficient (Wildman–Crippen LogP) is 4.07. The van der Waals surface area contributed by atoms with E-state index in [0.717, 1.165) is 21.2 Å². The molecule has 138 valence electrons. The number of thiophene rings is 1. The second kappa shape index (κ2) is 6.66. The van der Waals surface area contributed by atoms with E-state index in [0.29, 0.717) is 5.69 Å². The second-order valence-electron chi connectivity index (χ2n) is 6.58. The van der Waals surface area contributed by atoms with Gasteiger partial charge in [0.15, 0.2) is 0 Å². The van der Waals surface area contributed by atoms with Gasteiger partial charge in [0.25, 0.3) is 0 Å². The Bertz CT molecular complexity index is 1050. The average Bonchev–Trinajstić information content (AvgIpc) is 3.15. The van der Waals surface area contributed by atoms with Gasteiger partial charge < -0.3 is 15.1 Å². The molecule has 0 aliphatic carbocycles. The largest absolute Gasteiger partial charge is 0.481 e. The Labute approximate surface area is 158 Å². The number of hydrogen-bond donors (Lipinski definition) is 2. The van der Waals surface area contributed by atoms with E-state index in [1.807, 2.05) is 11.4 Å². The van der Waals surface area contributed by atoms with Crippen LogP contribution in [0.2, 0.25) is 0 Å². The molecular weight excluding hydrogens is 369 g/mol. The molecule has 2 N–H and O–H groups in total. The number of nitrogens with zero attached hydrogens (tertiary/aromatic N) is 1. The molecule has 2 unspecified atom stereocenters. The average molecular weight is 385 g/mol. The van der Waals surface area contributed by atoms with E-state index in [1.54, 1.807) is 29.2 Å². The van der Waals surface area contributed by atoms with Crippen LogP contribution in [0.1, 0.15) is 23.5 Å². The van der Waals surface area contributed by atoms with Crippen molar-refractivity contribution in [2.45, 2.75) is 24.9 Å². The summed E-state index contributed by atoms with van der Waals surface area (Å²) in [5.41, 5.74) is 2.26. The molecule has 5 nitrogen and oxygen atoms in total. The van der Waals surface area contributed by atoms with Gasteiger partial charge in [0.2, 0.25) is 0 Å². The molecular formula is C20H16FNO4S. The Hall–Kier alpha value is -2.93. The van der Waals surface area contributed by atoms with Crippen molar-refractivity contribution < 1.29 is 24.2 Å². The van der Waals surface area contributed by atoms with Crippen LogP contribution in [0.3, 0.4) is 0 Å². The highest BCUT2D eigenvalue weighted by Gasteiger charge is 2.43. The normalized spacial score (nSPS) is 18.6. The second-order valence-corrected chi connectivity index (χ2v) is 7.49. The summed E-state index contributed by atoms with van der Waals surface area (Å²) in [5.74, 6) is -3.09. The fraction of sp³-hybridized carbons (Fsp3) is 0.200. The number of rotatable bonds is 5. The summed E-state index contributed by atoms with van der Waals surface area (Å²) in [6.45, 7) is 0.271. The Morgan fingerprint density at radius 2 is 1.93 bits per heavy atom. The van der Waals surface area contributed by atoms with Crippen LogP contribution in [-0.4, -0.2) is 28.2 Å². The van der Waals surface area contributed by atoms with Gasteiger partial charge in [0.1, 0.15) is 11.9 Å². The zero-order valence-electron chi connectivity index (χ0n) is 14.1. The van der Waals surface area contributed by atoms with Crippen molar-refractivity contribution in [3.63, 3.8) is 0 Å². The van der Waals surface area contributed by atoms with Crippen molar-refractivity contribution in [2.75, 3.05) is 4.90 Å². The zero-order valence-corrected chi connectivity index (χ0v) is 14.9. The van der Waals surface area contributed by atoms with E-state index in [-0.39, 0.29) is 18.8 Å². The number of aliphatic carboxylic acids is 2. The lowest BCUT2D eigenvalue weighted by Crippen LogP contribution is -2.40. The highest BCUT2D eigenvalue weighted by molar-refractivity contribution is 7.17. The third kappa shape index (κ3) is 3.04. The Morgan fingerprint density at radius 1 is 1.15 bits per heavy atom. The first-order valence-electron chi connectivity index (χ1n) is 8.41. The minimum Gasteiger partial charge on any atom is -0.481 e. The lowest BCUT2D eigenvalue weighted by Gasteiger charge is -2.26. The molecule has 2 atom stereocenters. The van der Waals surface area contributed by atoms with Crippen LogP contribution in [0.15, 0.2) is 47.8 Å². The van der Waals surface area contributed by atoms with Crippen molar-refractivity contribution in [3.05, 3.63) is 64.8 Å². The van der Waals surface area contributed by atoms with E-state index in [9.17, 15) is 24.2 Å². The number of carboxylic acids is 2. The molecule has 0 spiro atoms. The molecule has 0 saturated heterocycles. The standard InChI is InChI=1S/C20H16FNO4S/c21-12-5-6-17-14(7-12)11(10-27-17)9-22-16-4-2-1-3-13(16)15(8-18(23)24)19(22)20(25)26/h1-7,10,15,19H,8-9H2,(H,23,24)(H,25,26). The first-order valence-corrected chi connectivity index (χ1v) is 9.29. The van der Waals surface area contributed by atoms with Crippen molar-refractivity contribution >= 4 is 39.0 Å². The highest BCUT2D eigenvalue weighted by Crippen LogP contribution is 2.44. The molecule has 1 aliphatic rings. The van der Waals surface area contributed by atoms with Crippen molar-refractivity contribution in [1.82, 2.24) is 0 Å². The molecule has 2 aromatic carbocycles. The third-order valence-corrected chi connectivity index (χ3v) is 5.98. The maximum Gasteiger partial charge on any atom is 0.327 e. The van der Waals surface area contributed by atoms with Gasteiger partial charge in [-0.25, -0.2) is 9.18 Å². The number of benzene rings is 2. The Balaban J connectivity index is 1.78. The van der Waals surface area contributed by atoms with Crippen LogP contribution in [0.5, 0.6) is 0 Å². The summed E-state index contributed by atoms with van der Waals surface area (Å²) < 4.78 is 14.6. The zero-order chi connectivity index (χ0) is 19.1. The third-order valence-electron chi connectivity index (χ3n) is 4.97. The topological polar surface area (TPSA) is 77.8 Å². The van der Waals surface area contributed by atoms with Gasteiger partial charge in [-0.2, -0.15) is 0 Å². The molecule has 0 bridgehead atoms. The molecule has 1 aromatic heterocycles. The van der Waals surface area contributed by atoms with Gasteiger partial charge in [-0.15, -0.1) is 11.3 Å². The molecule has 0 radical (unpaired) electrons. The number of halogens is 1. The van der Waals surface area contributed by atoms with Crippen LogP contribution >= 0.6 is 11.3 Å². The predicted molar refractivity (Wildman–Crippen MR) is 101 cm³/mol. The molecule has 3 aromatic rings. The smallest absolute Gasteiger partial charge is 0.327 e. The number of anilines is 1. The summed E-state index contributed by atoms with van der Waals surface area (Å²) in [6, 6.07) is 10.8. The van der Waals surface area contributed by atoms with Gasteiger partial charge in [-0.05, 0) is 40.8 Å². The number of para-hydroxylation sites is 1. The fourth-order valence-corrected chi connectivity index (χ4v) is 4.79. The van der Waals surface area contributed by atoms with Gasteiger partial charge in [-0.1, -0.05) is 18.2 Å². The molecule has 0 saturated carbocycles. The van der Waals surface area contributed by atoms with Gasteiger partial charge >= 0.3 is 11.9 Å². The number of carbonyl (C=O) groups is 2. The Kier molecular flexibility index (Phi) is 4.31. The first kappa shape index (κ1) is 17.5. The molecule has 1 aliphatic heterocycles. The minimum absolute atomic E-state index is 0.260. The van der Waals surface area contributed by atoms with E-state index in [2.05, 4.69) is 0 Å². The van der Waals surface area contributed by atoms with Crippen molar-refractivity contribution in [1.29, 1.82) is 0 Å². The maximum absolute atomic E-state index is 13.7. The van der Waals surface area contributed by atoms with Gasteiger partial charge in [0.05, 0.1) is 6.42 Å². The molecule has 7 heteroatoms. The van der Waals surface area contributed by atoms with Crippen LogP contribution in [-0.2, 0) is 16.1 Å². The van der Waals surface area contributed by atoms with E-state index in [4.69, 9.17) is 0 Å². The lowest BCUT2D eigenvalue weighted by atomic mass is 9.92. The maximum atomic E-state index is 13.7. The number of carboxylic acid groups (broad SMARTS) is 2. The lowest BCUT2D eigenvalue weighted by molar-refractivity contribution is -0.140. The highest BCUT2D eigenvalue weighted by atomic mass is 32.1. The minimum atomic E-state index is -1.07. The monoisotopic (exact) mass is 385 g/mol. The molecule has 4 rings (SSSR count). The SMILES string of the molecule is O=C(O)CC1c2ccccc2N(Cc2csc3ccc(F)cc23)C1C(=O)O. The van der Waals surface area contributed by atoms with E-state index < -0.39 is 23.9 Å². The van der Waals surface area contributed by atoms with Crippen molar-refractivity contribution in [3.8, 4) is 0 Å². The summed E-state index contributed by atoms with van der Waals surface area (Å²) >= 11 is 1.47. The molecule has 0 fully saturated rings. The summed E-state index contributed by atoms with van der Waals surface area (Å²) in [5, 5.41) is 21.7. The molecule has 2 heterocycles. The fourth-order valence-electron chi connectivity index (χ4n) is 3.86. The van der Waals surface area contributed by atoms with Crippen molar-refractivity contribution in [2.24, 2.45) is 0 Å². The number of hydrogen-bond acceptors (Lipinski definition) is 4. The Morgan fingerprint density at radius 3 is 2.67 bits per heavy atom. The molecule has 27 heavy (non-hydrogen) atoms. The van der Waals surface area contributed by atoms with Crippen LogP contribution in [0, 0.1) is 5.82 Å². The van der Waals surface area contributed by atoms with Crippen LogP contribution in [0.25, 0.3) is 10.1 Å². The summed E-state index contributed by atoms with van der Waals surface area (Å²) in [7, 11) is 0. The van der Waals surface area contributed by atoms with E-state index >= 15 is 0 Å².